The highest BCUT2D eigenvalue weighted by Gasteiger charge is 2.12. The van der Waals surface area contributed by atoms with Crippen LogP contribution in [0, 0.1) is 0 Å². The van der Waals surface area contributed by atoms with E-state index in [2.05, 4.69) is 43.4 Å². The Morgan fingerprint density at radius 2 is 1.95 bits per heavy atom. The molecule has 1 unspecified atom stereocenters. The zero-order valence-corrected chi connectivity index (χ0v) is 14.2. The molecule has 1 N–H and O–H groups in total. The van der Waals surface area contributed by atoms with Gasteiger partial charge in [0.25, 0.3) is 0 Å². The van der Waals surface area contributed by atoms with E-state index in [9.17, 15) is 4.79 Å². The normalized spacial score (nSPS) is 12.1. The summed E-state index contributed by atoms with van der Waals surface area (Å²) < 4.78 is 4.95. The maximum absolute atomic E-state index is 11.4. The average molecular weight is 309 g/mol. The number of carbonyl (C=O) groups excluding carboxylic acids is 1. The fraction of sp³-hybridized carbons (Fsp3) is 0.588. The van der Waals surface area contributed by atoms with Crippen LogP contribution < -0.4 is 5.32 Å². The van der Waals surface area contributed by atoms with Gasteiger partial charge in [0.1, 0.15) is 0 Å². The predicted octanol–water partition coefficient (Wildman–Crippen LogP) is 3.59. The molecule has 0 aliphatic rings. The van der Waals surface area contributed by atoms with Crippen LogP contribution in [-0.4, -0.2) is 30.6 Å². The minimum absolute atomic E-state index is 0.129. The summed E-state index contributed by atoms with van der Waals surface area (Å²) in [7, 11) is 0. The maximum atomic E-state index is 11.4. The lowest BCUT2D eigenvalue weighted by Crippen LogP contribution is -2.23. The molecule has 4 heteroatoms. The third-order valence-electron chi connectivity index (χ3n) is 3.18. The lowest BCUT2D eigenvalue weighted by atomic mass is 10.0. The van der Waals surface area contributed by atoms with Gasteiger partial charge >= 0.3 is 5.97 Å². The van der Waals surface area contributed by atoms with Crippen LogP contribution in [0.15, 0.2) is 24.3 Å². The number of nitrogens with one attached hydrogen (secondary N) is 1. The van der Waals surface area contributed by atoms with Crippen LogP contribution in [0.25, 0.3) is 0 Å². The number of esters is 1. The number of carbonyl (C=O) groups is 1. The molecule has 0 saturated heterocycles. The second-order valence-corrected chi connectivity index (χ2v) is 5.95. The molecule has 1 aromatic carbocycles. The molecule has 0 saturated carbocycles. The Balaban J connectivity index is 2.53. The van der Waals surface area contributed by atoms with Gasteiger partial charge in [0.05, 0.1) is 12.4 Å². The van der Waals surface area contributed by atoms with Crippen LogP contribution in [-0.2, 0) is 16.0 Å². The molecular weight excluding hydrogens is 282 g/mol. The number of hydrogen-bond donors (Lipinski definition) is 1. The summed E-state index contributed by atoms with van der Waals surface area (Å²) >= 11 is 1.62. The van der Waals surface area contributed by atoms with Gasteiger partial charge in [0, 0.05) is 11.8 Å². The van der Waals surface area contributed by atoms with Crippen molar-refractivity contribution in [2.75, 3.05) is 24.7 Å². The number of aryl methyl sites for hydroxylation is 1. The molecule has 0 aliphatic carbocycles. The molecule has 0 heterocycles. The average Bonchev–Trinajstić information content (AvgIpc) is 2.48. The molecule has 0 radical (unpaired) electrons. The Bertz CT molecular complexity index is 406. The van der Waals surface area contributed by atoms with Gasteiger partial charge in [-0.1, -0.05) is 44.5 Å². The van der Waals surface area contributed by atoms with Crippen molar-refractivity contribution in [1.82, 2.24) is 5.32 Å². The molecule has 1 rings (SSSR count). The van der Waals surface area contributed by atoms with Crippen molar-refractivity contribution >= 4 is 17.7 Å². The first-order valence-electron chi connectivity index (χ1n) is 7.76. The summed E-state index contributed by atoms with van der Waals surface area (Å²) in [5, 5.41) is 3.48. The topological polar surface area (TPSA) is 38.3 Å². The molecule has 3 nitrogen and oxygen atoms in total. The van der Waals surface area contributed by atoms with Gasteiger partial charge in [-0.15, -0.1) is 11.8 Å². The van der Waals surface area contributed by atoms with Crippen LogP contribution in [0.2, 0.25) is 0 Å². The SMILES string of the molecule is CCCc1ccc(C(CSCC(=O)OCC)NCC)cc1. The van der Waals surface area contributed by atoms with Crippen molar-refractivity contribution < 1.29 is 9.53 Å². The number of benzene rings is 1. The van der Waals surface area contributed by atoms with E-state index in [4.69, 9.17) is 4.74 Å². The van der Waals surface area contributed by atoms with Crippen molar-refractivity contribution in [3.8, 4) is 0 Å². The molecular formula is C17H27NO2S. The molecule has 0 spiro atoms. The number of thioether (sulfide) groups is 1. The van der Waals surface area contributed by atoms with E-state index in [1.165, 1.54) is 17.5 Å². The fourth-order valence-electron chi connectivity index (χ4n) is 2.19. The third kappa shape index (κ3) is 7.00. The first kappa shape index (κ1) is 18.1. The third-order valence-corrected chi connectivity index (χ3v) is 4.19. The second-order valence-electron chi connectivity index (χ2n) is 4.92. The van der Waals surface area contributed by atoms with Gasteiger partial charge in [0.15, 0.2) is 0 Å². The molecule has 0 aliphatic heterocycles. The van der Waals surface area contributed by atoms with Gasteiger partial charge in [-0.05, 0) is 31.0 Å². The summed E-state index contributed by atoms with van der Waals surface area (Å²) in [6.07, 6.45) is 2.30. The zero-order chi connectivity index (χ0) is 15.5. The highest BCUT2D eigenvalue weighted by molar-refractivity contribution is 7.99. The Labute approximate surface area is 132 Å². The lowest BCUT2D eigenvalue weighted by Gasteiger charge is -2.18. The smallest absolute Gasteiger partial charge is 0.315 e. The first-order chi connectivity index (χ1) is 10.2. The second kappa shape index (κ2) is 10.7. The standard InChI is InChI=1S/C17H27NO2S/c1-4-7-14-8-10-15(11-9-14)16(18-5-2)12-21-13-17(19)20-6-3/h8-11,16,18H,4-7,12-13H2,1-3H3. The summed E-state index contributed by atoms with van der Waals surface area (Å²) in [5.41, 5.74) is 2.67. The van der Waals surface area contributed by atoms with Gasteiger partial charge < -0.3 is 10.1 Å². The van der Waals surface area contributed by atoms with Gasteiger partial charge in [-0.3, -0.25) is 4.79 Å². The summed E-state index contributed by atoms with van der Waals surface area (Å²) in [6, 6.07) is 9.09. The van der Waals surface area contributed by atoms with Crippen molar-refractivity contribution in [2.45, 2.75) is 39.7 Å². The highest BCUT2D eigenvalue weighted by Crippen LogP contribution is 2.19. The van der Waals surface area contributed by atoms with Crippen LogP contribution in [0.4, 0.5) is 0 Å². The van der Waals surface area contributed by atoms with E-state index in [0.717, 1.165) is 18.7 Å². The molecule has 21 heavy (non-hydrogen) atoms. The molecule has 0 aromatic heterocycles. The van der Waals surface area contributed by atoms with Gasteiger partial charge in [-0.2, -0.15) is 0 Å². The van der Waals surface area contributed by atoms with Crippen molar-refractivity contribution in [1.29, 1.82) is 0 Å². The Hall–Kier alpha value is -1.00. The Morgan fingerprint density at radius 1 is 1.24 bits per heavy atom. The molecule has 0 amide bonds. The van der Waals surface area contributed by atoms with E-state index in [-0.39, 0.29) is 12.0 Å². The van der Waals surface area contributed by atoms with Crippen molar-refractivity contribution in [3.05, 3.63) is 35.4 Å². The van der Waals surface area contributed by atoms with E-state index in [1.54, 1.807) is 11.8 Å². The molecule has 0 bridgehead atoms. The maximum Gasteiger partial charge on any atom is 0.315 e. The van der Waals surface area contributed by atoms with Crippen LogP contribution in [0.5, 0.6) is 0 Å². The zero-order valence-electron chi connectivity index (χ0n) is 13.4. The van der Waals surface area contributed by atoms with E-state index >= 15 is 0 Å². The monoisotopic (exact) mass is 309 g/mol. The van der Waals surface area contributed by atoms with E-state index < -0.39 is 0 Å². The van der Waals surface area contributed by atoms with Crippen LogP contribution >= 0.6 is 11.8 Å². The van der Waals surface area contributed by atoms with Gasteiger partial charge in [-0.25, -0.2) is 0 Å². The molecule has 1 atom stereocenters. The number of ether oxygens (including phenoxy) is 1. The van der Waals surface area contributed by atoms with Crippen LogP contribution in [0.1, 0.15) is 44.4 Å². The molecule has 1 aromatic rings. The Kier molecular flexibility index (Phi) is 9.19. The minimum Gasteiger partial charge on any atom is -0.465 e. The fourth-order valence-corrected chi connectivity index (χ4v) is 3.10. The molecule has 0 fully saturated rings. The minimum atomic E-state index is -0.129. The highest BCUT2D eigenvalue weighted by atomic mass is 32.2. The van der Waals surface area contributed by atoms with Crippen molar-refractivity contribution in [3.63, 3.8) is 0 Å². The van der Waals surface area contributed by atoms with E-state index in [0.29, 0.717) is 12.4 Å². The predicted molar refractivity (Wildman–Crippen MR) is 90.8 cm³/mol. The van der Waals surface area contributed by atoms with Gasteiger partial charge in [0.2, 0.25) is 0 Å². The summed E-state index contributed by atoms with van der Waals surface area (Å²) in [5.74, 6) is 1.17. The van der Waals surface area contributed by atoms with Crippen LogP contribution in [0.3, 0.4) is 0 Å². The first-order valence-corrected chi connectivity index (χ1v) is 8.92. The van der Waals surface area contributed by atoms with Crippen molar-refractivity contribution in [2.24, 2.45) is 0 Å². The molecule has 118 valence electrons. The summed E-state index contributed by atoms with van der Waals surface area (Å²) in [4.78, 5) is 11.4. The lowest BCUT2D eigenvalue weighted by molar-refractivity contribution is -0.139. The van der Waals surface area contributed by atoms with E-state index in [1.807, 2.05) is 6.92 Å². The number of rotatable bonds is 10. The summed E-state index contributed by atoms with van der Waals surface area (Å²) in [6.45, 7) is 7.51. The largest absolute Gasteiger partial charge is 0.465 e. The quantitative estimate of drug-likeness (QED) is 0.670. The Morgan fingerprint density at radius 3 is 2.52 bits per heavy atom. The number of hydrogen-bond acceptors (Lipinski definition) is 4.